The fraction of sp³-hybridized carbons (Fsp3) is 0.222. The minimum atomic E-state index is -0.0753. The predicted molar refractivity (Wildman–Crippen MR) is 44.6 cm³/mol. The molecule has 1 aromatic rings. The van der Waals surface area contributed by atoms with Crippen molar-refractivity contribution in [1.29, 1.82) is 0 Å². The molecule has 0 amide bonds. The molecule has 0 saturated heterocycles. The number of hydrogen-bond acceptors (Lipinski definition) is 2. The molecule has 0 aliphatic rings. The van der Waals surface area contributed by atoms with E-state index < -0.39 is 0 Å². The van der Waals surface area contributed by atoms with E-state index in [0.29, 0.717) is 6.42 Å². The van der Waals surface area contributed by atoms with E-state index in [4.69, 9.17) is 12.2 Å². The van der Waals surface area contributed by atoms with E-state index in [1.54, 1.807) is 12.4 Å². The molecule has 1 heterocycles. The van der Waals surface area contributed by atoms with Gasteiger partial charge in [-0.05, 0) is 11.6 Å². The summed E-state index contributed by atoms with van der Waals surface area (Å²) in [4.78, 5) is 3.94. The van der Waals surface area contributed by atoms with Crippen LogP contribution in [0.15, 0.2) is 24.5 Å². The third-order valence-corrected chi connectivity index (χ3v) is 1.45. The minimum absolute atomic E-state index is 0.0753. The first-order chi connectivity index (χ1) is 5.34. The molecule has 0 aliphatic heterocycles. The highest BCUT2D eigenvalue weighted by Gasteiger charge is 2.01. The molecule has 56 valence electrons. The Morgan fingerprint density at radius 3 is 3.09 bits per heavy atom. The molecule has 1 rings (SSSR count). The predicted octanol–water partition coefficient (Wildman–Crippen LogP) is 1.10. The summed E-state index contributed by atoms with van der Waals surface area (Å²) in [7, 11) is 0. The Morgan fingerprint density at radius 1 is 1.73 bits per heavy atom. The van der Waals surface area contributed by atoms with Crippen LogP contribution in [0.2, 0.25) is 0 Å². The molecule has 2 heteroatoms. The lowest BCUT2D eigenvalue weighted by molar-refractivity contribution is 0.750. The summed E-state index contributed by atoms with van der Waals surface area (Å²) in [6.45, 7) is 0. The SMILES string of the molecule is C#CCC(N)c1cccnc1. The van der Waals surface area contributed by atoms with Crippen molar-refractivity contribution in [2.45, 2.75) is 12.5 Å². The number of terminal acetylenes is 1. The quantitative estimate of drug-likeness (QED) is 0.635. The van der Waals surface area contributed by atoms with Crippen molar-refractivity contribution >= 4 is 0 Å². The van der Waals surface area contributed by atoms with E-state index in [1.807, 2.05) is 12.1 Å². The highest BCUT2D eigenvalue weighted by atomic mass is 14.7. The fourth-order valence-electron chi connectivity index (χ4n) is 0.840. The van der Waals surface area contributed by atoms with Crippen LogP contribution in [0.3, 0.4) is 0 Å². The fourth-order valence-corrected chi connectivity index (χ4v) is 0.840. The summed E-state index contributed by atoms with van der Waals surface area (Å²) in [5.41, 5.74) is 6.71. The molecule has 1 atom stereocenters. The van der Waals surface area contributed by atoms with Gasteiger partial charge in [-0.1, -0.05) is 6.07 Å². The summed E-state index contributed by atoms with van der Waals surface area (Å²) in [6.07, 6.45) is 9.13. The lowest BCUT2D eigenvalue weighted by Gasteiger charge is -2.05. The summed E-state index contributed by atoms with van der Waals surface area (Å²) in [5.74, 6) is 2.51. The van der Waals surface area contributed by atoms with E-state index in [-0.39, 0.29) is 6.04 Å². The Labute approximate surface area is 66.4 Å². The Balaban J connectivity index is 2.70. The zero-order chi connectivity index (χ0) is 8.10. The molecule has 2 N–H and O–H groups in total. The van der Waals surface area contributed by atoms with Crippen molar-refractivity contribution in [3.63, 3.8) is 0 Å². The third kappa shape index (κ3) is 2.06. The Kier molecular flexibility index (Phi) is 2.65. The first-order valence-corrected chi connectivity index (χ1v) is 3.43. The van der Waals surface area contributed by atoms with Crippen LogP contribution in [0.1, 0.15) is 18.0 Å². The number of pyridine rings is 1. The second-order valence-corrected chi connectivity index (χ2v) is 2.30. The molecule has 0 spiro atoms. The highest BCUT2D eigenvalue weighted by molar-refractivity contribution is 5.14. The summed E-state index contributed by atoms with van der Waals surface area (Å²) < 4.78 is 0. The van der Waals surface area contributed by atoms with E-state index in [2.05, 4.69) is 10.9 Å². The van der Waals surface area contributed by atoms with Gasteiger partial charge < -0.3 is 5.73 Å². The van der Waals surface area contributed by atoms with Crippen LogP contribution in [-0.2, 0) is 0 Å². The number of aromatic nitrogens is 1. The standard InChI is InChI=1S/C9H10N2/c1-2-4-9(10)8-5-3-6-11-7-8/h1,3,5-7,9H,4,10H2. The first kappa shape index (κ1) is 7.77. The highest BCUT2D eigenvalue weighted by Crippen LogP contribution is 2.10. The van der Waals surface area contributed by atoms with E-state index in [0.717, 1.165) is 5.56 Å². The molecular weight excluding hydrogens is 136 g/mol. The molecule has 1 unspecified atom stereocenters. The van der Waals surface area contributed by atoms with Crippen molar-refractivity contribution in [1.82, 2.24) is 4.98 Å². The van der Waals surface area contributed by atoms with Crippen LogP contribution in [0.5, 0.6) is 0 Å². The van der Waals surface area contributed by atoms with Gasteiger partial charge in [0.15, 0.2) is 0 Å². The van der Waals surface area contributed by atoms with Gasteiger partial charge in [-0.25, -0.2) is 0 Å². The summed E-state index contributed by atoms with van der Waals surface area (Å²) in [6, 6.07) is 3.70. The van der Waals surface area contributed by atoms with Gasteiger partial charge in [-0.3, -0.25) is 4.98 Å². The second kappa shape index (κ2) is 3.75. The summed E-state index contributed by atoms with van der Waals surface area (Å²) in [5, 5.41) is 0. The second-order valence-electron chi connectivity index (χ2n) is 2.30. The largest absolute Gasteiger partial charge is 0.323 e. The average Bonchev–Trinajstić information content (AvgIpc) is 2.07. The molecule has 11 heavy (non-hydrogen) atoms. The van der Waals surface area contributed by atoms with Gasteiger partial charge >= 0.3 is 0 Å². The Bertz CT molecular complexity index is 248. The molecule has 0 fully saturated rings. The van der Waals surface area contributed by atoms with Crippen LogP contribution < -0.4 is 5.73 Å². The van der Waals surface area contributed by atoms with Crippen molar-refractivity contribution < 1.29 is 0 Å². The Hall–Kier alpha value is -1.33. The number of hydrogen-bond donors (Lipinski definition) is 1. The third-order valence-electron chi connectivity index (χ3n) is 1.45. The molecule has 0 bridgehead atoms. The lowest BCUT2D eigenvalue weighted by atomic mass is 10.1. The van der Waals surface area contributed by atoms with E-state index >= 15 is 0 Å². The topological polar surface area (TPSA) is 38.9 Å². The average molecular weight is 146 g/mol. The Morgan fingerprint density at radius 2 is 2.55 bits per heavy atom. The van der Waals surface area contributed by atoms with Crippen molar-refractivity contribution in [2.75, 3.05) is 0 Å². The van der Waals surface area contributed by atoms with Crippen LogP contribution in [0.4, 0.5) is 0 Å². The maximum atomic E-state index is 5.72. The number of rotatable bonds is 2. The van der Waals surface area contributed by atoms with Crippen LogP contribution >= 0.6 is 0 Å². The minimum Gasteiger partial charge on any atom is -0.323 e. The normalized spacial score (nSPS) is 12.0. The molecule has 2 nitrogen and oxygen atoms in total. The van der Waals surface area contributed by atoms with Gasteiger partial charge in [0.2, 0.25) is 0 Å². The van der Waals surface area contributed by atoms with Crippen LogP contribution in [0, 0.1) is 12.3 Å². The molecule has 1 aromatic heterocycles. The van der Waals surface area contributed by atoms with E-state index in [9.17, 15) is 0 Å². The maximum Gasteiger partial charge on any atom is 0.0421 e. The molecular formula is C9H10N2. The van der Waals surface area contributed by atoms with Gasteiger partial charge in [-0.2, -0.15) is 0 Å². The molecule has 0 saturated carbocycles. The number of nitrogens with zero attached hydrogens (tertiary/aromatic N) is 1. The molecule has 0 radical (unpaired) electrons. The molecule has 0 aliphatic carbocycles. The van der Waals surface area contributed by atoms with Gasteiger partial charge in [0, 0.05) is 24.9 Å². The van der Waals surface area contributed by atoms with Gasteiger partial charge in [0.25, 0.3) is 0 Å². The number of nitrogens with two attached hydrogens (primary N) is 1. The van der Waals surface area contributed by atoms with Gasteiger partial charge in [0.05, 0.1) is 0 Å². The van der Waals surface area contributed by atoms with Crippen molar-refractivity contribution in [3.8, 4) is 12.3 Å². The molecule has 0 aromatic carbocycles. The smallest absolute Gasteiger partial charge is 0.0421 e. The first-order valence-electron chi connectivity index (χ1n) is 3.43. The monoisotopic (exact) mass is 146 g/mol. The zero-order valence-corrected chi connectivity index (χ0v) is 6.20. The van der Waals surface area contributed by atoms with Crippen LogP contribution in [-0.4, -0.2) is 4.98 Å². The zero-order valence-electron chi connectivity index (χ0n) is 6.20. The van der Waals surface area contributed by atoms with Crippen LogP contribution in [0.25, 0.3) is 0 Å². The van der Waals surface area contributed by atoms with Gasteiger partial charge in [-0.15, -0.1) is 12.3 Å². The van der Waals surface area contributed by atoms with Gasteiger partial charge in [0.1, 0.15) is 0 Å². The van der Waals surface area contributed by atoms with Crippen molar-refractivity contribution in [2.24, 2.45) is 5.73 Å². The maximum absolute atomic E-state index is 5.72. The van der Waals surface area contributed by atoms with E-state index in [1.165, 1.54) is 0 Å². The lowest BCUT2D eigenvalue weighted by Crippen LogP contribution is -2.08. The summed E-state index contributed by atoms with van der Waals surface area (Å²) >= 11 is 0. The van der Waals surface area contributed by atoms with Crippen molar-refractivity contribution in [3.05, 3.63) is 30.1 Å².